The molecule has 64 heavy (non-hydrogen) atoms. The zero-order valence-electron chi connectivity index (χ0n) is 41.0. The van der Waals surface area contributed by atoms with Gasteiger partial charge in [0.05, 0.1) is 0 Å². The molecule has 1 atom stereocenters. The van der Waals surface area contributed by atoms with Gasteiger partial charge in [-0.2, -0.15) is 0 Å². The number of ether oxygens (including phenoxy) is 3. The second-order valence-corrected chi connectivity index (χ2v) is 16.3. The summed E-state index contributed by atoms with van der Waals surface area (Å²) in [5.74, 6) is -1.11. The molecule has 0 aliphatic rings. The Morgan fingerprint density at radius 3 is 0.953 bits per heavy atom. The van der Waals surface area contributed by atoms with Gasteiger partial charge in [0.25, 0.3) is 0 Å². The third kappa shape index (κ3) is 48.8. The van der Waals surface area contributed by atoms with Crippen molar-refractivity contribution in [2.75, 3.05) is 13.2 Å². The molecule has 6 nitrogen and oxygen atoms in total. The topological polar surface area (TPSA) is 78.9 Å². The third-order valence-electron chi connectivity index (χ3n) is 10.2. The minimum absolute atomic E-state index is 0.132. The van der Waals surface area contributed by atoms with Gasteiger partial charge >= 0.3 is 17.9 Å². The summed E-state index contributed by atoms with van der Waals surface area (Å²) in [6.07, 6.45) is 70.6. The number of esters is 3. The second kappa shape index (κ2) is 51.4. The predicted octanol–water partition coefficient (Wildman–Crippen LogP) is 16.9. The Hall–Kier alpha value is -4.19. The van der Waals surface area contributed by atoms with Gasteiger partial charge in [-0.15, -0.1) is 0 Å². The van der Waals surface area contributed by atoms with Crippen LogP contribution in [0.2, 0.25) is 0 Å². The van der Waals surface area contributed by atoms with Crippen molar-refractivity contribution in [3.05, 3.63) is 122 Å². The fourth-order valence-electron chi connectivity index (χ4n) is 6.48. The number of allylic oxidation sites excluding steroid dienone is 20. The summed E-state index contributed by atoms with van der Waals surface area (Å²) < 4.78 is 16.6. The number of unbranched alkanes of at least 4 members (excludes halogenated alkanes) is 13. The highest BCUT2D eigenvalue weighted by atomic mass is 16.6. The monoisotopic (exact) mass is 885 g/mol. The number of hydrogen-bond acceptors (Lipinski definition) is 6. The van der Waals surface area contributed by atoms with E-state index in [0.29, 0.717) is 19.3 Å². The Kier molecular flexibility index (Phi) is 48.1. The molecule has 6 heteroatoms. The number of hydrogen-bond donors (Lipinski definition) is 0. The van der Waals surface area contributed by atoms with Crippen LogP contribution in [0.25, 0.3) is 0 Å². The van der Waals surface area contributed by atoms with Crippen molar-refractivity contribution in [2.45, 2.75) is 213 Å². The van der Waals surface area contributed by atoms with E-state index in [-0.39, 0.29) is 38.0 Å². The lowest BCUT2D eigenvalue weighted by molar-refractivity contribution is -0.166. The van der Waals surface area contributed by atoms with Crippen LogP contribution < -0.4 is 0 Å². The van der Waals surface area contributed by atoms with Gasteiger partial charge in [0.1, 0.15) is 13.2 Å². The zero-order chi connectivity index (χ0) is 46.5. The summed E-state index contributed by atoms with van der Waals surface area (Å²) in [7, 11) is 0. The van der Waals surface area contributed by atoms with Crippen LogP contribution in [0.15, 0.2) is 122 Å². The number of carbonyl (C=O) groups is 3. The number of rotatable bonds is 44. The van der Waals surface area contributed by atoms with E-state index in [4.69, 9.17) is 14.2 Å². The summed E-state index contributed by atoms with van der Waals surface area (Å²) in [6.45, 7) is 6.27. The van der Waals surface area contributed by atoms with Crippen LogP contribution in [0.1, 0.15) is 207 Å². The minimum atomic E-state index is -0.848. The van der Waals surface area contributed by atoms with Crippen molar-refractivity contribution in [1.82, 2.24) is 0 Å². The van der Waals surface area contributed by atoms with Crippen molar-refractivity contribution in [3.8, 4) is 0 Å². The van der Waals surface area contributed by atoms with Crippen LogP contribution in [0.4, 0.5) is 0 Å². The number of carbonyl (C=O) groups excluding carboxylic acids is 3. The maximum absolute atomic E-state index is 12.8. The molecular weight excluding hydrogens is 793 g/mol. The van der Waals surface area contributed by atoms with E-state index in [1.165, 1.54) is 70.6 Å². The molecule has 0 saturated carbocycles. The molecule has 0 radical (unpaired) electrons. The highest BCUT2D eigenvalue weighted by Gasteiger charge is 2.19. The maximum atomic E-state index is 12.8. The molecule has 0 N–H and O–H groups in total. The highest BCUT2D eigenvalue weighted by Crippen LogP contribution is 2.14. The van der Waals surface area contributed by atoms with Gasteiger partial charge in [0, 0.05) is 19.3 Å². The van der Waals surface area contributed by atoms with Crippen molar-refractivity contribution in [2.24, 2.45) is 0 Å². The second-order valence-electron chi connectivity index (χ2n) is 16.3. The molecule has 0 saturated heterocycles. The van der Waals surface area contributed by atoms with Gasteiger partial charge in [0.15, 0.2) is 6.10 Å². The van der Waals surface area contributed by atoms with Gasteiger partial charge in [-0.25, -0.2) is 0 Å². The lowest BCUT2D eigenvalue weighted by Crippen LogP contribution is -2.30. The maximum Gasteiger partial charge on any atom is 0.306 e. The van der Waals surface area contributed by atoms with Gasteiger partial charge in [-0.3, -0.25) is 14.4 Å². The average Bonchev–Trinajstić information content (AvgIpc) is 3.29. The van der Waals surface area contributed by atoms with Crippen LogP contribution in [-0.4, -0.2) is 37.2 Å². The van der Waals surface area contributed by atoms with E-state index < -0.39 is 12.1 Å². The van der Waals surface area contributed by atoms with Crippen LogP contribution >= 0.6 is 0 Å². The molecule has 0 heterocycles. The summed E-state index contributed by atoms with van der Waals surface area (Å²) in [5, 5.41) is 0. The quantitative estimate of drug-likeness (QED) is 0.0262. The largest absolute Gasteiger partial charge is 0.462 e. The molecule has 0 amide bonds. The van der Waals surface area contributed by atoms with Gasteiger partial charge in [-0.05, 0) is 83.5 Å². The van der Waals surface area contributed by atoms with Crippen molar-refractivity contribution in [1.29, 1.82) is 0 Å². The van der Waals surface area contributed by atoms with Gasteiger partial charge in [-0.1, -0.05) is 226 Å². The fraction of sp³-hybridized carbons (Fsp3) is 0.603. The molecule has 0 spiro atoms. The minimum Gasteiger partial charge on any atom is -0.462 e. The molecule has 0 aliphatic carbocycles. The highest BCUT2D eigenvalue weighted by molar-refractivity contribution is 5.71. The normalized spacial score (nSPS) is 13.1. The van der Waals surface area contributed by atoms with Crippen LogP contribution in [0, 0.1) is 0 Å². The van der Waals surface area contributed by atoms with Crippen molar-refractivity contribution >= 4 is 17.9 Å². The first kappa shape index (κ1) is 59.8. The van der Waals surface area contributed by atoms with E-state index in [9.17, 15) is 14.4 Å². The van der Waals surface area contributed by atoms with E-state index in [1.54, 1.807) is 0 Å². The molecule has 0 rings (SSSR count). The summed E-state index contributed by atoms with van der Waals surface area (Å²) in [4.78, 5) is 37.9. The fourth-order valence-corrected chi connectivity index (χ4v) is 6.48. The van der Waals surface area contributed by atoms with E-state index >= 15 is 0 Å². The zero-order valence-corrected chi connectivity index (χ0v) is 41.0. The Balaban J connectivity index is 4.62. The molecule has 0 bridgehead atoms. The molecule has 0 fully saturated rings. The van der Waals surface area contributed by atoms with E-state index in [0.717, 1.165) is 83.5 Å². The molecule has 1 unspecified atom stereocenters. The van der Waals surface area contributed by atoms with Crippen LogP contribution in [0.5, 0.6) is 0 Å². The lowest BCUT2D eigenvalue weighted by atomic mass is 10.0. The van der Waals surface area contributed by atoms with E-state index in [1.807, 2.05) is 24.3 Å². The van der Waals surface area contributed by atoms with Crippen LogP contribution in [0.3, 0.4) is 0 Å². The SMILES string of the molecule is CC/C=C\C/C=C\C/C=C\C/C=C\C/C=C\CCC(=O)OCC(COC(=O)CCCCCCCCCCCCCCCC)OC(=O)CC/C=C\C/C=C\C/C=C\C/C=C\C/C=C\CC. The molecular formula is C58H92O6. The molecule has 0 aromatic rings. The molecule has 0 aliphatic heterocycles. The Bertz CT molecular complexity index is 1390. The summed E-state index contributed by atoms with van der Waals surface area (Å²) >= 11 is 0. The summed E-state index contributed by atoms with van der Waals surface area (Å²) in [6, 6.07) is 0. The Morgan fingerprint density at radius 2 is 0.609 bits per heavy atom. The molecule has 0 aromatic heterocycles. The van der Waals surface area contributed by atoms with Crippen LogP contribution in [-0.2, 0) is 28.6 Å². The van der Waals surface area contributed by atoms with E-state index in [2.05, 4.69) is 118 Å². The first-order chi connectivity index (χ1) is 31.5. The standard InChI is InChI=1S/C58H92O6/c1-4-7-10-13-16-19-22-25-28-30-33-36-39-42-45-48-51-57(60)63-54-55(53-62-56(59)50-47-44-41-38-35-32-27-24-21-18-15-12-9-6-3)64-58(61)52-49-46-43-40-37-34-31-29-26-23-20-17-14-11-8-5-2/h7-8,10-11,16-17,19-20,25-26,28-29,33-34,36-37,42-43,45-46,55H,4-6,9,12-15,18,21-24,27,30-32,35,38-41,44,47-54H2,1-3H3/b10-7-,11-8-,19-16-,20-17-,28-25-,29-26-,36-33-,37-34-,45-42-,46-43-. The first-order valence-electron chi connectivity index (χ1n) is 25.5. The van der Waals surface area contributed by atoms with Crippen molar-refractivity contribution in [3.63, 3.8) is 0 Å². The van der Waals surface area contributed by atoms with Crippen molar-refractivity contribution < 1.29 is 28.6 Å². The Labute approximate surface area is 392 Å². The molecule has 0 aromatic carbocycles. The van der Waals surface area contributed by atoms with Gasteiger partial charge < -0.3 is 14.2 Å². The van der Waals surface area contributed by atoms with Gasteiger partial charge in [0.2, 0.25) is 0 Å². The summed E-state index contributed by atoms with van der Waals surface area (Å²) in [5.41, 5.74) is 0. The predicted molar refractivity (Wildman–Crippen MR) is 274 cm³/mol. The lowest BCUT2D eigenvalue weighted by Gasteiger charge is -2.18. The third-order valence-corrected chi connectivity index (χ3v) is 10.2. The molecule has 360 valence electrons. The Morgan fingerprint density at radius 1 is 0.328 bits per heavy atom. The average molecular weight is 885 g/mol. The first-order valence-corrected chi connectivity index (χ1v) is 25.5. The smallest absolute Gasteiger partial charge is 0.306 e.